The highest BCUT2D eigenvalue weighted by atomic mass is 32.2. The summed E-state index contributed by atoms with van der Waals surface area (Å²) >= 11 is 1.50. The minimum Gasteiger partial charge on any atom is -0.339 e. The molecule has 0 radical (unpaired) electrons. The van der Waals surface area contributed by atoms with Gasteiger partial charge in [-0.15, -0.1) is 5.10 Å². The van der Waals surface area contributed by atoms with Crippen LogP contribution in [0.2, 0.25) is 0 Å². The van der Waals surface area contributed by atoms with Crippen LogP contribution < -0.4 is 0 Å². The summed E-state index contributed by atoms with van der Waals surface area (Å²) in [6.07, 6.45) is 1.95. The van der Waals surface area contributed by atoms with Crippen molar-refractivity contribution in [2.75, 3.05) is 6.54 Å². The van der Waals surface area contributed by atoms with Gasteiger partial charge in [0.1, 0.15) is 0 Å². The normalized spacial score (nSPS) is 20.2. The van der Waals surface area contributed by atoms with Crippen molar-refractivity contribution in [1.82, 2.24) is 25.1 Å². The molecule has 0 N–H and O–H groups in total. The first kappa shape index (κ1) is 15.3. The third-order valence-electron chi connectivity index (χ3n) is 3.33. The number of nitrogens with zero attached hydrogens (tertiary/aromatic N) is 5. The number of piperidine rings is 1. The van der Waals surface area contributed by atoms with E-state index < -0.39 is 0 Å². The molecule has 7 heteroatoms. The molecule has 1 aromatic heterocycles. The molecule has 2 heterocycles. The van der Waals surface area contributed by atoms with E-state index in [0.717, 1.165) is 31.1 Å². The number of carbonyl (C=O) groups excluding carboxylic acids is 1. The van der Waals surface area contributed by atoms with Gasteiger partial charge in [0.15, 0.2) is 0 Å². The van der Waals surface area contributed by atoms with E-state index >= 15 is 0 Å². The number of carbonyl (C=O) groups is 1. The van der Waals surface area contributed by atoms with E-state index in [9.17, 15) is 4.79 Å². The summed E-state index contributed by atoms with van der Waals surface area (Å²) in [7, 11) is 0. The molecule has 0 bridgehead atoms. The Morgan fingerprint density at radius 2 is 2.10 bits per heavy atom. The van der Waals surface area contributed by atoms with Gasteiger partial charge in [-0.1, -0.05) is 25.6 Å². The average molecular weight is 297 g/mol. The molecule has 0 aliphatic carbocycles. The second-order valence-electron chi connectivity index (χ2n) is 5.91. The Hall–Kier alpha value is -1.11. The third kappa shape index (κ3) is 3.50. The van der Waals surface area contributed by atoms with Crippen molar-refractivity contribution in [2.45, 2.75) is 63.5 Å². The topological polar surface area (TPSA) is 63.9 Å². The number of tetrazole rings is 1. The van der Waals surface area contributed by atoms with Crippen molar-refractivity contribution >= 4 is 17.7 Å². The maximum Gasteiger partial charge on any atom is 0.236 e. The highest BCUT2D eigenvalue weighted by Crippen LogP contribution is 2.29. The van der Waals surface area contributed by atoms with Crippen LogP contribution in [0.3, 0.4) is 0 Å². The summed E-state index contributed by atoms with van der Waals surface area (Å²) < 4.78 is 1.80. The van der Waals surface area contributed by atoms with Gasteiger partial charge in [-0.2, -0.15) is 0 Å². The number of likely N-dealkylation sites (tertiary alicyclic amines) is 1. The highest BCUT2D eigenvalue weighted by molar-refractivity contribution is 8.00. The van der Waals surface area contributed by atoms with Crippen molar-refractivity contribution in [3.8, 4) is 0 Å². The third-order valence-corrected chi connectivity index (χ3v) is 4.56. The van der Waals surface area contributed by atoms with Gasteiger partial charge in [0, 0.05) is 19.1 Å². The van der Waals surface area contributed by atoms with Gasteiger partial charge in [0.05, 0.1) is 5.25 Å². The lowest BCUT2D eigenvalue weighted by Gasteiger charge is -2.34. The quantitative estimate of drug-likeness (QED) is 0.829. The Balaban J connectivity index is 2.06. The van der Waals surface area contributed by atoms with Crippen LogP contribution in [0.5, 0.6) is 0 Å². The number of thioether (sulfide) groups is 1. The first-order valence-electron chi connectivity index (χ1n) is 7.22. The fraction of sp³-hybridized carbons (Fsp3) is 0.846. The molecule has 1 atom stereocenters. The molecule has 0 aromatic carbocycles. The van der Waals surface area contributed by atoms with Gasteiger partial charge in [0.25, 0.3) is 0 Å². The molecule has 1 aliphatic heterocycles. The molecule has 1 fully saturated rings. The Labute approximate surface area is 124 Å². The fourth-order valence-electron chi connectivity index (χ4n) is 2.36. The molecule has 112 valence electrons. The van der Waals surface area contributed by atoms with E-state index in [-0.39, 0.29) is 17.2 Å². The Morgan fingerprint density at radius 1 is 1.35 bits per heavy atom. The van der Waals surface area contributed by atoms with Crippen molar-refractivity contribution < 1.29 is 4.79 Å². The van der Waals surface area contributed by atoms with Gasteiger partial charge >= 0.3 is 0 Å². The largest absolute Gasteiger partial charge is 0.339 e. The Kier molecular flexibility index (Phi) is 5.01. The van der Waals surface area contributed by atoms with Crippen LogP contribution in [-0.4, -0.2) is 48.9 Å². The van der Waals surface area contributed by atoms with Crippen molar-refractivity contribution in [1.29, 1.82) is 0 Å². The number of aromatic nitrogens is 4. The minimum absolute atomic E-state index is 0.0527. The standard InChI is InChI=1S/C13H23N5OS/c1-9(2)8-18-13(14-15-16-18)20-11-6-5-7-17(10(3)4)12(11)19/h9-11H,5-8H2,1-4H3/t11-/m0/s1. The maximum atomic E-state index is 12.5. The Bertz CT molecular complexity index is 459. The molecule has 0 spiro atoms. The van der Waals surface area contributed by atoms with Crippen LogP contribution in [0.15, 0.2) is 5.16 Å². The molecule has 2 rings (SSSR count). The van der Waals surface area contributed by atoms with Gasteiger partial charge in [0.2, 0.25) is 11.1 Å². The zero-order valence-electron chi connectivity index (χ0n) is 12.6. The molecular formula is C13H23N5OS. The van der Waals surface area contributed by atoms with E-state index in [1.807, 2.05) is 4.90 Å². The summed E-state index contributed by atoms with van der Waals surface area (Å²) in [5, 5.41) is 12.5. The maximum absolute atomic E-state index is 12.5. The monoisotopic (exact) mass is 297 g/mol. The van der Waals surface area contributed by atoms with Crippen molar-refractivity contribution in [3.63, 3.8) is 0 Å². The molecule has 1 saturated heterocycles. The van der Waals surface area contributed by atoms with Crippen LogP contribution in [0, 0.1) is 5.92 Å². The summed E-state index contributed by atoms with van der Waals surface area (Å²) in [6.45, 7) is 10.0. The average Bonchev–Trinajstić information content (AvgIpc) is 2.78. The SMILES string of the molecule is CC(C)Cn1nnnc1S[C@H]1CCCN(C(C)C)C1=O. The summed E-state index contributed by atoms with van der Waals surface area (Å²) in [5.74, 6) is 0.697. The molecule has 20 heavy (non-hydrogen) atoms. The van der Waals surface area contributed by atoms with Gasteiger partial charge in [-0.25, -0.2) is 4.68 Å². The van der Waals surface area contributed by atoms with Gasteiger partial charge in [-0.3, -0.25) is 4.79 Å². The van der Waals surface area contributed by atoms with Crippen LogP contribution in [-0.2, 0) is 11.3 Å². The molecular weight excluding hydrogens is 274 g/mol. The Morgan fingerprint density at radius 3 is 2.75 bits per heavy atom. The predicted molar refractivity (Wildman–Crippen MR) is 78.4 cm³/mol. The lowest BCUT2D eigenvalue weighted by Crippen LogP contribution is -2.46. The van der Waals surface area contributed by atoms with Gasteiger partial charge < -0.3 is 4.90 Å². The molecule has 1 aromatic rings. The number of rotatable bonds is 5. The number of hydrogen-bond donors (Lipinski definition) is 0. The van der Waals surface area contributed by atoms with E-state index in [4.69, 9.17) is 0 Å². The molecule has 1 amide bonds. The zero-order chi connectivity index (χ0) is 14.7. The molecule has 1 aliphatic rings. The summed E-state index contributed by atoms with van der Waals surface area (Å²) in [5.41, 5.74) is 0. The van der Waals surface area contributed by atoms with Crippen molar-refractivity contribution in [3.05, 3.63) is 0 Å². The smallest absolute Gasteiger partial charge is 0.236 e. The first-order chi connectivity index (χ1) is 9.49. The summed E-state index contributed by atoms with van der Waals surface area (Å²) in [6, 6.07) is 0.262. The lowest BCUT2D eigenvalue weighted by molar-refractivity contribution is -0.134. The molecule has 0 saturated carbocycles. The van der Waals surface area contributed by atoms with E-state index in [0.29, 0.717) is 5.92 Å². The van der Waals surface area contributed by atoms with Crippen molar-refractivity contribution in [2.24, 2.45) is 5.92 Å². The number of amides is 1. The van der Waals surface area contributed by atoms with Gasteiger partial charge in [-0.05, 0) is 43.0 Å². The fourth-order valence-corrected chi connectivity index (χ4v) is 3.45. The minimum atomic E-state index is -0.0527. The second kappa shape index (κ2) is 6.56. The molecule has 0 unspecified atom stereocenters. The predicted octanol–water partition coefficient (Wildman–Crippen LogP) is 1.82. The molecule has 6 nitrogen and oxygen atoms in total. The van der Waals surface area contributed by atoms with Crippen LogP contribution in [0.25, 0.3) is 0 Å². The highest BCUT2D eigenvalue weighted by Gasteiger charge is 2.32. The zero-order valence-corrected chi connectivity index (χ0v) is 13.4. The van der Waals surface area contributed by atoms with Crippen LogP contribution in [0.4, 0.5) is 0 Å². The van der Waals surface area contributed by atoms with E-state index in [1.54, 1.807) is 4.68 Å². The van der Waals surface area contributed by atoms with Crippen LogP contribution in [0.1, 0.15) is 40.5 Å². The summed E-state index contributed by atoms with van der Waals surface area (Å²) in [4.78, 5) is 14.4. The van der Waals surface area contributed by atoms with Crippen LogP contribution >= 0.6 is 11.8 Å². The first-order valence-corrected chi connectivity index (χ1v) is 8.10. The van der Waals surface area contributed by atoms with E-state index in [2.05, 4.69) is 43.2 Å². The second-order valence-corrected chi connectivity index (χ2v) is 7.08. The van der Waals surface area contributed by atoms with E-state index in [1.165, 1.54) is 11.8 Å². The number of hydrogen-bond acceptors (Lipinski definition) is 5. The lowest BCUT2D eigenvalue weighted by atomic mass is 10.1.